The highest BCUT2D eigenvalue weighted by atomic mass is 32.2. The molecule has 1 aliphatic heterocycles. The number of methoxy groups -OCH3 is 2. The molecular formula is C23H30N2O5S. The van der Waals surface area contributed by atoms with Gasteiger partial charge in [-0.15, -0.1) is 0 Å². The second kappa shape index (κ2) is 10.2. The van der Waals surface area contributed by atoms with E-state index in [0.29, 0.717) is 36.9 Å². The van der Waals surface area contributed by atoms with Crippen LogP contribution in [-0.4, -0.2) is 45.9 Å². The zero-order valence-electron chi connectivity index (χ0n) is 18.3. The highest BCUT2D eigenvalue weighted by Gasteiger charge is 2.32. The largest absolute Gasteiger partial charge is 0.497 e. The molecule has 1 saturated heterocycles. The predicted molar refractivity (Wildman–Crippen MR) is 120 cm³/mol. The molecule has 1 heterocycles. The number of amides is 1. The minimum atomic E-state index is -3.69. The molecule has 0 atom stereocenters. The zero-order valence-corrected chi connectivity index (χ0v) is 19.1. The Labute approximate surface area is 184 Å². The van der Waals surface area contributed by atoms with Crippen molar-refractivity contribution in [2.24, 2.45) is 5.92 Å². The summed E-state index contributed by atoms with van der Waals surface area (Å²) in [6.07, 6.45) is 2.62. The standard InChI is InChI=1S/C23H30N2O5S/c1-17-5-4-6-19(15-17)24-23(26)10-7-18-11-13-25(14-12-18)31(27,28)22-16-20(29-2)8-9-21(22)30-3/h4-6,8-9,15-16,18H,7,10-14H2,1-3H3,(H,24,26). The molecule has 1 aliphatic rings. The monoisotopic (exact) mass is 446 g/mol. The molecule has 0 spiro atoms. The normalized spacial score (nSPS) is 15.5. The fourth-order valence-electron chi connectivity index (χ4n) is 3.84. The van der Waals surface area contributed by atoms with Gasteiger partial charge in [-0.05, 0) is 61.9 Å². The van der Waals surface area contributed by atoms with Gasteiger partial charge in [0.15, 0.2) is 0 Å². The highest BCUT2D eigenvalue weighted by molar-refractivity contribution is 7.89. The number of benzene rings is 2. The lowest BCUT2D eigenvalue weighted by atomic mass is 9.93. The molecule has 3 rings (SSSR count). The first-order chi connectivity index (χ1) is 14.8. The number of hydrogen-bond acceptors (Lipinski definition) is 5. The van der Waals surface area contributed by atoms with E-state index in [1.807, 2.05) is 31.2 Å². The van der Waals surface area contributed by atoms with Crippen molar-refractivity contribution in [3.63, 3.8) is 0 Å². The molecule has 0 saturated carbocycles. The average molecular weight is 447 g/mol. The van der Waals surface area contributed by atoms with Crippen LogP contribution in [-0.2, 0) is 14.8 Å². The fourth-order valence-corrected chi connectivity index (χ4v) is 5.48. The highest BCUT2D eigenvalue weighted by Crippen LogP contribution is 2.33. The molecule has 2 aromatic rings. The smallest absolute Gasteiger partial charge is 0.246 e. The number of piperidine rings is 1. The van der Waals surface area contributed by atoms with Crippen LogP contribution in [0.5, 0.6) is 11.5 Å². The van der Waals surface area contributed by atoms with Crippen molar-refractivity contribution in [3.05, 3.63) is 48.0 Å². The van der Waals surface area contributed by atoms with Gasteiger partial charge in [0.05, 0.1) is 14.2 Å². The van der Waals surface area contributed by atoms with E-state index in [9.17, 15) is 13.2 Å². The first-order valence-corrected chi connectivity index (χ1v) is 11.9. The third-order valence-corrected chi connectivity index (χ3v) is 7.56. The number of carbonyl (C=O) groups is 1. The first-order valence-electron chi connectivity index (χ1n) is 10.4. The number of carbonyl (C=O) groups excluding carboxylic acids is 1. The van der Waals surface area contributed by atoms with Crippen LogP contribution in [0.2, 0.25) is 0 Å². The molecule has 0 aromatic heterocycles. The van der Waals surface area contributed by atoms with Crippen molar-refractivity contribution in [1.82, 2.24) is 4.31 Å². The maximum absolute atomic E-state index is 13.2. The van der Waals surface area contributed by atoms with Crippen LogP contribution in [0, 0.1) is 12.8 Å². The van der Waals surface area contributed by atoms with Gasteiger partial charge in [-0.1, -0.05) is 12.1 Å². The summed E-state index contributed by atoms with van der Waals surface area (Å²) < 4.78 is 38.3. The number of nitrogens with one attached hydrogen (secondary N) is 1. The Hall–Kier alpha value is -2.58. The average Bonchev–Trinajstić information content (AvgIpc) is 2.77. The summed E-state index contributed by atoms with van der Waals surface area (Å²) >= 11 is 0. The van der Waals surface area contributed by atoms with Crippen molar-refractivity contribution in [3.8, 4) is 11.5 Å². The molecule has 0 radical (unpaired) electrons. The van der Waals surface area contributed by atoms with E-state index in [1.165, 1.54) is 24.6 Å². The lowest BCUT2D eigenvalue weighted by Crippen LogP contribution is -2.38. The van der Waals surface area contributed by atoms with Gasteiger partial charge in [0.25, 0.3) is 0 Å². The number of nitrogens with zero attached hydrogens (tertiary/aromatic N) is 1. The maximum Gasteiger partial charge on any atom is 0.246 e. The molecular weight excluding hydrogens is 416 g/mol. The SMILES string of the molecule is COc1ccc(OC)c(S(=O)(=O)N2CCC(CCC(=O)Nc3cccc(C)c3)CC2)c1. The second-order valence-corrected chi connectivity index (χ2v) is 9.73. The predicted octanol–water partition coefficient (Wildman–Crippen LogP) is 3.83. The van der Waals surface area contributed by atoms with Gasteiger partial charge in [-0.3, -0.25) is 4.79 Å². The third kappa shape index (κ3) is 5.77. The molecule has 0 bridgehead atoms. The number of rotatable bonds is 8. The lowest BCUT2D eigenvalue weighted by Gasteiger charge is -2.31. The molecule has 168 valence electrons. The quantitative estimate of drug-likeness (QED) is 0.666. The van der Waals surface area contributed by atoms with Crippen LogP contribution in [0.25, 0.3) is 0 Å². The van der Waals surface area contributed by atoms with Crippen molar-refractivity contribution < 1.29 is 22.7 Å². The number of hydrogen-bond donors (Lipinski definition) is 1. The maximum atomic E-state index is 13.2. The number of anilines is 1. The van der Waals surface area contributed by atoms with Crippen LogP contribution < -0.4 is 14.8 Å². The van der Waals surface area contributed by atoms with Gasteiger partial charge in [0.2, 0.25) is 15.9 Å². The summed E-state index contributed by atoms with van der Waals surface area (Å²) in [5, 5.41) is 2.93. The van der Waals surface area contributed by atoms with E-state index in [4.69, 9.17) is 9.47 Å². The summed E-state index contributed by atoms with van der Waals surface area (Å²) in [7, 11) is -0.736. The van der Waals surface area contributed by atoms with Crippen LogP contribution in [0.3, 0.4) is 0 Å². The van der Waals surface area contributed by atoms with E-state index in [0.717, 1.165) is 30.5 Å². The van der Waals surface area contributed by atoms with E-state index in [-0.39, 0.29) is 10.8 Å². The van der Waals surface area contributed by atoms with E-state index < -0.39 is 10.0 Å². The van der Waals surface area contributed by atoms with Gasteiger partial charge >= 0.3 is 0 Å². The molecule has 1 N–H and O–H groups in total. The van der Waals surface area contributed by atoms with E-state index in [1.54, 1.807) is 12.1 Å². The summed E-state index contributed by atoms with van der Waals surface area (Å²) in [6.45, 7) is 2.83. The van der Waals surface area contributed by atoms with Crippen LogP contribution >= 0.6 is 0 Å². The molecule has 31 heavy (non-hydrogen) atoms. The van der Waals surface area contributed by atoms with Gasteiger partial charge in [-0.25, -0.2) is 8.42 Å². The minimum absolute atomic E-state index is 0.0123. The Morgan fingerprint density at radius 2 is 1.84 bits per heavy atom. The topological polar surface area (TPSA) is 84.9 Å². The van der Waals surface area contributed by atoms with Gasteiger partial charge < -0.3 is 14.8 Å². The second-order valence-electron chi connectivity index (χ2n) is 7.82. The minimum Gasteiger partial charge on any atom is -0.497 e. The van der Waals surface area contributed by atoms with Crippen molar-refractivity contribution >= 4 is 21.6 Å². The summed E-state index contributed by atoms with van der Waals surface area (Å²) in [4.78, 5) is 12.4. The summed E-state index contributed by atoms with van der Waals surface area (Å²) in [5.41, 5.74) is 1.90. The molecule has 2 aromatic carbocycles. The van der Waals surface area contributed by atoms with Crippen molar-refractivity contribution in [2.75, 3.05) is 32.6 Å². The van der Waals surface area contributed by atoms with Crippen molar-refractivity contribution in [2.45, 2.75) is 37.5 Å². The van der Waals surface area contributed by atoms with E-state index >= 15 is 0 Å². The zero-order chi connectivity index (χ0) is 22.4. The number of ether oxygens (including phenoxy) is 2. The molecule has 8 heteroatoms. The van der Waals surface area contributed by atoms with Gasteiger partial charge in [-0.2, -0.15) is 4.31 Å². The number of aryl methyl sites for hydroxylation is 1. The number of sulfonamides is 1. The Morgan fingerprint density at radius 1 is 1.10 bits per heavy atom. The molecule has 1 fully saturated rings. The molecule has 0 aliphatic carbocycles. The Kier molecular flexibility index (Phi) is 7.56. The third-order valence-electron chi connectivity index (χ3n) is 5.64. The first kappa shape index (κ1) is 23.1. The molecule has 7 nitrogen and oxygen atoms in total. The van der Waals surface area contributed by atoms with Gasteiger partial charge in [0.1, 0.15) is 16.4 Å². The van der Waals surface area contributed by atoms with Crippen molar-refractivity contribution in [1.29, 1.82) is 0 Å². The van der Waals surface area contributed by atoms with Crippen LogP contribution in [0.1, 0.15) is 31.2 Å². The Morgan fingerprint density at radius 3 is 2.48 bits per heavy atom. The summed E-state index contributed by atoms with van der Waals surface area (Å²) in [6, 6.07) is 12.5. The van der Waals surface area contributed by atoms with Gasteiger partial charge in [0, 0.05) is 31.3 Å². The van der Waals surface area contributed by atoms with Crippen LogP contribution in [0.4, 0.5) is 5.69 Å². The van der Waals surface area contributed by atoms with Crippen LogP contribution in [0.15, 0.2) is 47.4 Å². The summed E-state index contributed by atoms with van der Waals surface area (Å²) in [5.74, 6) is 1.08. The Balaban J connectivity index is 1.55. The molecule has 0 unspecified atom stereocenters. The van der Waals surface area contributed by atoms with E-state index in [2.05, 4.69) is 5.32 Å². The lowest BCUT2D eigenvalue weighted by molar-refractivity contribution is -0.116. The Bertz CT molecular complexity index is 1010. The molecule has 1 amide bonds. The fraction of sp³-hybridized carbons (Fsp3) is 0.435.